The van der Waals surface area contributed by atoms with Crippen LogP contribution >= 0.6 is 12.2 Å². The van der Waals surface area contributed by atoms with Crippen LogP contribution in [0.5, 0.6) is 11.5 Å². The van der Waals surface area contributed by atoms with E-state index in [4.69, 9.17) is 21.7 Å². The van der Waals surface area contributed by atoms with Gasteiger partial charge in [0.2, 0.25) is 0 Å². The van der Waals surface area contributed by atoms with Crippen LogP contribution in [0, 0.1) is 0 Å². The topological polar surface area (TPSA) is 76.7 Å². The van der Waals surface area contributed by atoms with Crippen LogP contribution in [0.3, 0.4) is 0 Å². The van der Waals surface area contributed by atoms with Crippen LogP contribution in [0.15, 0.2) is 23.8 Å². The molecule has 22 heavy (non-hydrogen) atoms. The normalized spacial score (nSPS) is 14.3. The Kier molecular flexibility index (Phi) is 5.11. The number of hydrogen-bond acceptors (Lipinski definition) is 5. The number of hydrogen-bond donors (Lipinski definition) is 2. The van der Waals surface area contributed by atoms with Gasteiger partial charge in [-0.2, -0.15) is 0 Å². The third kappa shape index (κ3) is 3.62. The summed E-state index contributed by atoms with van der Waals surface area (Å²) in [5.41, 5.74) is 0.581. The zero-order valence-corrected chi connectivity index (χ0v) is 13.1. The number of benzene rings is 1. The lowest BCUT2D eigenvalue weighted by Crippen LogP contribution is -2.51. The Morgan fingerprint density at radius 3 is 2.32 bits per heavy atom. The molecule has 0 atom stereocenters. The molecule has 1 aliphatic rings. The molecule has 1 heterocycles. The molecule has 0 unspecified atom stereocenters. The molecule has 2 rings (SSSR count). The molecule has 0 aromatic heterocycles. The van der Waals surface area contributed by atoms with Crippen molar-refractivity contribution >= 4 is 35.2 Å². The highest BCUT2D eigenvalue weighted by Crippen LogP contribution is 2.27. The monoisotopic (exact) mass is 320 g/mol. The molecule has 2 amide bonds. The average molecular weight is 320 g/mol. The Hall–Kier alpha value is -2.41. The van der Waals surface area contributed by atoms with Crippen LogP contribution < -0.4 is 20.1 Å². The highest BCUT2D eigenvalue weighted by Gasteiger charge is 2.26. The van der Waals surface area contributed by atoms with E-state index in [9.17, 15) is 9.59 Å². The fraction of sp³-hybridized carbons (Fsp3) is 0.267. The summed E-state index contributed by atoms with van der Waals surface area (Å²) in [6, 6.07) is 5.21. The van der Waals surface area contributed by atoms with Crippen molar-refractivity contribution < 1.29 is 19.1 Å². The first kappa shape index (κ1) is 16.0. The molecule has 0 aliphatic carbocycles. The molecule has 6 nitrogen and oxygen atoms in total. The van der Waals surface area contributed by atoms with Crippen molar-refractivity contribution in [2.24, 2.45) is 0 Å². The van der Waals surface area contributed by atoms with Crippen LogP contribution in [0.25, 0.3) is 6.08 Å². The number of rotatable bonds is 5. The lowest BCUT2D eigenvalue weighted by atomic mass is 10.1. The van der Waals surface area contributed by atoms with E-state index in [1.165, 1.54) is 6.08 Å². The minimum Gasteiger partial charge on any atom is -0.494 e. The summed E-state index contributed by atoms with van der Waals surface area (Å²) in [5, 5.41) is 4.78. The number of carbonyl (C=O) groups excluding carboxylic acids is 2. The minimum absolute atomic E-state index is 0.00359. The lowest BCUT2D eigenvalue weighted by Gasteiger charge is -2.17. The standard InChI is InChI=1S/C15H16N2O4S/c1-3-20-10-6-5-9(12(8-10)21-4-2)7-11-13(18)16-15(22)17-14(11)19/h5-8H,3-4H2,1-2H3,(H2,16,17,18,19,22). The van der Waals surface area contributed by atoms with E-state index >= 15 is 0 Å². The van der Waals surface area contributed by atoms with Gasteiger partial charge in [-0.15, -0.1) is 0 Å². The number of ether oxygens (including phenoxy) is 2. The second kappa shape index (κ2) is 7.04. The summed E-state index contributed by atoms with van der Waals surface area (Å²) >= 11 is 4.76. The van der Waals surface area contributed by atoms with E-state index in [1.54, 1.807) is 18.2 Å². The third-order valence-corrected chi connectivity index (χ3v) is 3.04. The molecule has 7 heteroatoms. The fourth-order valence-electron chi connectivity index (χ4n) is 1.93. The summed E-state index contributed by atoms with van der Waals surface area (Å²) in [6.45, 7) is 4.72. The van der Waals surface area contributed by atoms with Gasteiger partial charge in [0, 0.05) is 11.6 Å². The molecule has 1 aromatic rings. The Labute approximate surface area is 133 Å². The van der Waals surface area contributed by atoms with Gasteiger partial charge in [0.25, 0.3) is 11.8 Å². The Bertz CT molecular complexity index is 633. The maximum atomic E-state index is 11.9. The SMILES string of the molecule is CCOc1ccc(C=C2C(=O)NC(=S)NC2=O)c(OCC)c1. The molecule has 0 radical (unpaired) electrons. The summed E-state index contributed by atoms with van der Waals surface area (Å²) < 4.78 is 11.0. The molecule has 0 spiro atoms. The summed E-state index contributed by atoms with van der Waals surface area (Å²) in [7, 11) is 0. The van der Waals surface area contributed by atoms with E-state index in [0.717, 1.165) is 0 Å². The van der Waals surface area contributed by atoms with Crippen molar-refractivity contribution in [1.82, 2.24) is 10.6 Å². The van der Waals surface area contributed by atoms with Gasteiger partial charge in [-0.1, -0.05) is 0 Å². The quantitative estimate of drug-likeness (QED) is 0.487. The lowest BCUT2D eigenvalue weighted by molar-refractivity contribution is -0.123. The summed E-state index contributed by atoms with van der Waals surface area (Å²) in [4.78, 5) is 23.7. The first-order valence-electron chi connectivity index (χ1n) is 6.83. The largest absolute Gasteiger partial charge is 0.494 e. The van der Waals surface area contributed by atoms with Crippen molar-refractivity contribution in [3.63, 3.8) is 0 Å². The van der Waals surface area contributed by atoms with Gasteiger partial charge >= 0.3 is 0 Å². The predicted molar refractivity (Wildman–Crippen MR) is 85.6 cm³/mol. The highest BCUT2D eigenvalue weighted by atomic mass is 32.1. The predicted octanol–water partition coefficient (Wildman–Crippen LogP) is 1.40. The van der Waals surface area contributed by atoms with Crippen molar-refractivity contribution in [3.05, 3.63) is 29.3 Å². The molecular weight excluding hydrogens is 304 g/mol. The van der Waals surface area contributed by atoms with Crippen molar-refractivity contribution in [2.75, 3.05) is 13.2 Å². The van der Waals surface area contributed by atoms with E-state index < -0.39 is 11.8 Å². The average Bonchev–Trinajstić information content (AvgIpc) is 2.45. The molecule has 116 valence electrons. The number of thiocarbonyl (C=S) groups is 1. The van der Waals surface area contributed by atoms with Crippen LogP contribution in [0.1, 0.15) is 19.4 Å². The van der Waals surface area contributed by atoms with Crippen LogP contribution in [0.2, 0.25) is 0 Å². The molecular formula is C15H16N2O4S. The van der Waals surface area contributed by atoms with Crippen molar-refractivity contribution in [1.29, 1.82) is 0 Å². The first-order chi connectivity index (χ1) is 10.5. The van der Waals surface area contributed by atoms with Gasteiger partial charge in [-0.05, 0) is 44.3 Å². The maximum absolute atomic E-state index is 11.9. The number of carbonyl (C=O) groups is 2. The molecule has 0 bridgehead atoms. The smallest absolute Gasteiger partial charge is 0.263 e. The minimum atomic E-state index is -0.537. The zero-order chi connectivity index (χ0) is 16.1. The van der Waals surface area contributed by atoms with E-state index in [2.05, 4.69) is 10.6 Å². The summed E-state index contributed by atoms with van der Waals surface area (Å²) in [5.74, 6) is 0.122. The summed E-state index contributed by atoms with van der Waals surface area (Å²) in [6.07, 6.45) is 1.47. The fourth-order valence-corrected chi connectivity index (χ4v) is 2.12. The second-order valence-electron chi connectivity index (χ2n) is 4.36. The number of nitrogens with one attached hydrogen (secondary N) is 2. The second-order valence-corrected chi connectivity index (χ2v) is 4.77. The van der Waals surface area contributed by atoms with Crippen LogP contribution in [0.4, 0.5) is 0 Å². The first-order valence-corrected chi connectivity index (χ1v) is 7.24. The van der Waals surface area contributed by atoms with Crippen LogP contribution in [-0.4, -0.2) is 30.1 Å². The Morgan fingerprint density at radius 2 is 1.73 bits per heavy atom. The maximum Gasteiger partial charge on any atom is 0.263 e. The van der Waals surface area contributed by atoms with Gasteiger partial charge < -0.3 is 9.47 Å². The van der Waals surface area contributed by atoms with Gasteiger partial charge in [-0.25, -0.2) is 0 Å². The zero-order valence-electron chi connectivity index (χ0n) is 12.3. The van der Waals surface area contributed by atoms with Crippen LogP contribution in [-0.2, 0) is 9.59 Å². The molecule has 0 saturated carbocycles. The van der Waals surface area contributed by atoms with Gasteiger partial charge in [0.15, 0.2) is 5.11 Å². The van der Waals surface area contributed by atoms with E-state index in [0.29, 0.717) is 30.3 Å². The number of amides is 2. The van der Waals surface area contributed by atoms with Gasteiger partial charge in [0.1, 0.15) is 17.1 Å². The molecule has 1 fully saturated rings. The van der Waals surface area contributed by atoms with Gasteiger partial charge in [-0.3, -0.25) is 20.2 Å². The third-order valence-electron chi connectivity index (χ3n) is 2.84. The van der Waals surface area contributed by atoms with Crippen molar-refractivity contribution in [3.8, 4) is 11.5 Å². The van der Waals surface area contributed by atoms with E-state index in [1.807, 2.05) is 13.8 Å². The van der Waals surface area contributed by atoms with Gasteiger partial charge in [0.05, 0.1) is 13.2 Å². The molecule has 1 saturated heterocycles. The Balaban J connectivity index is 2.38. The Morgan fingerprint density at radius 1 is 1.09 bits per heavy atom. The molecule has 2 N–H and O–H groups in total. The van der Waals surface area contributed by atoms with Crippen molar-refractivity contribution in [2.45, 2.75) is 13.8 Å². The van der Waals surface area contributed by atoms with E-state index in [-0.39, 0.29) is 10.7 Å². The molecule has 1 aliphatic heterocycles. The molecule has 1 aromatic carbocycles. The highest BCUT2D eigenvalue weighted by molar-refractivity contribution is 7.80.